The maximum Gasteiger partial charge on any atom is 0.472 e. The van der Waals surface area contributed by atoms with E-state index in [1.54, 1.807) is 0 Å². The van der Waals surface area contributed by atoms with Gasteiger partial charge in [-0.2, -0.15) is 0 Å². The Labute approximate surface area is 587 Å². The zero-order valence-corrected chi connectivity index (χ0v) is 65.2. The molecule has 1 N–H and O–H groups in total. The molecule has 0 bridgehead atoms. The van der Waals surface area contributed by atoms with Crippen LogP contribution in [0.1, 0.15) is 463 Å². The van der Waals surface area contributed by atoms with Crippen LogP contribution in [0, 0.1) is 0 Å². The molecule has 0 amide bonds. The second-order valence-electron chi connectivity index (χ2n) is 30.6. The van der Waals surface area contributed by atoms with E-state index in [1.807, 2.05) is 21.1 Å². The Kier molecular flexibility index (Phi) is 74.9. The van der Waals surface area contributed by atoms with E-state index in [1.165, 1.54) is 398 Å². The number of carbonyl (C=O) groups is 2. The minimum absolute atomic E-state index is 0.0371. The third-order valence-electron chi connectivity index (χ3n) is 19.8. The third-order valence-corrected chi connectivity index (χ3v) is 20.8. The molecule has 0 saturated heterocycles. The van der Waals surface area contributed by atoms with E-state index in [2.05, 4.69) is 26.0 Å². The first kappa shape index (κ1) is 92.8. The number of allylic oxidation sites excluding steroid dienone is 2. The number of phosphoric ester groups is 1. The highest BCUT2D eigenvalue weighted by atomic mass is 31.2. The van der Waals surface area contributed by atoms with Crippen LogP contribution in [0.25, 0.3) is 0 Å². The van der Waals surface area contributed by atoms with Gasteiger partial charge in [0, 0.05) is 12.8 Å². The second kappa shape index (κ2) is 75.9. The number of unbranched alkanes of at least 4 members (excludes halogenated alkanes) is 65. The fourth-order valence-corrected chi connectivity index (χ4v) is 14.1. The topological polar surface area (TPSA) is 108 Å². The lowest BCUT2D eigenvalue weighted by Crippen LogP contribution is -2.37. The number of quaternary nitrogens is 1. The van der Waals surface area contributed by atoms with E-state index in [-0.39, 0.29) is 25.6 Å². The predicted molar refractivity (Wildman–Crippen MR) is 409 cm³/mol. The molecule has 0 aliphatic heterocycles. The zero-order chi connectivity index (χ0) is 68.3. The van der Waals surface area contributed by atoms with Crippen LogP contribution < -0.4 is 0 Å². The standard InChI is InChI=1S/C84H166NO8P/c1-6-8-10-12-14-16-18-20-22-24-26-28-30-32-34-36-38-40-42-44-46-48-50-52-54-56-58-60-62-64-66-68-70-72-74-76-83(86)90-80-82(81-92-94(88,89)91-79-78-85(3,4)5)93-84(87)77-75-73-71-69-67-65-63-61-59-57-55-53-51-49-47-45-43-41-39-37-35-33-31-29-27-25-23-21-19-17-15-13-11-9-7-2/h25,27,82H,6-24,26,28-81H2,1-5H3/p+1/b27-25-. The van der Waals surface area contributed by atoms with Gasteiger partial charge in [0.1, 0.15) is 19.8 Å². The number of likely N-dealkylation sites (N-methyl/N-ethyl adjacent to an activating group) is 1. The van der Waals surface area contributed by atoms with Gasteiger partial charge in [-0.3, -0.25) is 18.6 Å². The molecule has 0 rings (SSSR count). The van der Waals surface area contributed by atoms with Crippen molar-refractivity contribution in [2.45, 2.75) is 469 Å². The highest BCUT2D eigenvalue weighted by molar-refractivity contribution is 7.47. The minimum atomic E-state index is -4.39. The van der Waals surface area contributed by atoms with Crippen LogP contribution in [0.4, 0.5) is 0 Å². The maximum absolute atomic E-state index is 12.9. The van der Waals surface area contributed by atoms with Gasteiger partial charge in [-0.15, -0.1) is 0 Å². The monoisotopic (exact) mass is 1350 g/mol. The molecule has 0 saturated carbocycles. The number of hydrogen-bond donors (Lipinski definition) is 1. The molecule has 2 unspecified atom stereocenters. The third kappa shape index (κ3) is 79.7. The Balaban J connectivity index is 3.86. The van der Waals surface area contributed by atoms with Crippen molar-refractivity contribution in [1.82, 2.24) is 0 Å². The molecule has 10 heteroatoms. The fraction of sp³-hybridized carbons (Fsp3) is 0.952. The molecule has 2 atom stereocenters. The van der Waals surface area contributed by atoms with Crippen molar-refractivity contribution in [2.75, 3.05) is 47.5 Å². The molecule has 0 aromatic heterocycles. The molecular formula is C84H167NO8P+. The molecule has 0 spiro atoms. The maximum atomic E-state index is 12.9. The van der Waals surface area contributed by atoms with Crippen molar-refractivity contribution in [2.24, 2.45) is 0 Å². The molecule has 9 nitrogen and oxygen atoms in total. The van der Waals surface area contributed by atoms with E-state index in [0.29, 0.717) is 17.4 Å². The first-order valence-corrected chi connectivity index (χ1v) is 43.9. The molecular weight excluding hydrogens is 1180 g/mol. The van der Waals surface area contributed by atoms with Crippen molar-refractivity contribution in [3.63, 3.8) is 0 Å². The summed E-state index contributed by atoms with van der Waals surface area (Å²) in [4.78, 5) is 36.0. The van der Waals surface area contributed by atoms with Crippen LogP contribution in [0.2, 0.25) is 0 Å². The van der Waals surface area contributed by atoms with Crippen molar-refractivity contribution < 1.29 is 42.1 Å². The number of phosphoric acid groups is 1. The molecule has 0 aliphatic carbocycles. The van der Waals surface area contributed by atoms with Crippen LogP contribution in [0.3, 0.4) is 0 Å². The Hall–Kier alpha value is -1.25. The molecule has 0 radical (unpaired) electrons. The van der Waals surface area contributed by atoms with Gasteiger partial charge in [0.25, 0.3) is 0 Å². The van der Waals surface area contributed by atoms with Gasteiger partial charge in [-0.1, -0.05) is 424 Å². The Bertz CT molecular complexity index is 1590. The van der Waals surface area contributed by atoms with Crippen LogP contribution in [-0.2, 0) is 32.7 Å². The molecule has 0 aromatic carbocycles. The summed E-state index contributed by atoms with van der Waals surface area (Å²) in [5.74, 6) is -0.765. The molecule has 0 fully saturated rings. The van der Waals surface area contributed by atoms with Crippen LogP contribution in [0.5, 0.6) is 0 Å². The van der Waals surface area contributed by atoms with E-state index in [9.17, 15) is 19.0 Å². The molecule has 94 heavy (non-hydrogen) atoms. The van der Waals surface area contributed by atoms with Crippen LogP contribution in [0.15, 0.2) is 12.2 Å². The Morgan fingerprint density at radius 2 is 0.543 bits per heavy atom. The summed E-state index contributed by atoms with van der Waals surface area (Å²) < 4.78 is 34.9. The minimum Gasteiger partial charge on any atom is -0.462 e. The van der Waals surface area contributed by atoms with Gasteiger partial charge in [-0.25, -0.2) is 4.57 Å². The molecule has 0 heterocycles. The van der Waals surface area contributed by atoms with Gasteiger partial charge >= 0.3 is 19.8 Å². The average molecular weight is 1350 g/mol. The summed E-state index contributed by atoms with van der Waals surface area (Å²) in [5.41, 5.74) is 0. The van der Waals surface area contributed by atoms with Crippen molar-refractivity contribution >= 4 is 19.8 Å². The lowest BCUT2D eigenvalue weighted by molar-refractivity contribution is -0.870. The van der Waals surface area contributed by atoms with Gasteiger partial charge in [0.15, 0.2) is 6.10 Å². The first-order valence-electron chi connectivity index (χ1n) is 42.4. The summed E-state index contributed by atoms with van der Waals surface area (Å²) >= 11 is 0. The first-order chi connectivity index (χ1) is 46.0. The molecule has 0 aromatic rings. The average Bonchev–Trinajstić information content (AvgIpc) is 1.68. The fourth-order valence-electron chi connectivity index (χ4n) is 13.3. The van der Waals surface area contributed by atoms with Crippen molar-refractivity contribution in [3.05, 3.63) is 12.2 Å². The number of carbonyl (C=O) groups excluding carboxylic acids is 2. The number of esters is 2. The Morgan fingerprint density at radius 3 is 0.787 bits per heavy atom. The summed E-state index contributed by atoms with van der Waals surface area (Å²) in [5, 5.41) is 0. The van der Waals surface area contributed by atoms with Crippen molar-refractivity contribution in [1.29, 1.82) is 0 Å². The summed E-state index contributed by atoms with van der Waals surface area (Å²) in [6, 6.07) is 0. The smallest absolute Gasteiger partial charge is 0.462 e. The Morgan fingerprint density at radius 1 is 0.319 bits per heavy atom. The summed E-state index contributed by atoms with van der Waals surface area (Å²) in [6.45, 7) is 4.54. The lowest BCUT2D eigenvalue weighted by Gasteiger charge is -2.24. The normalized spacial score (nSPS) is 13.0. The SMILES string of the molecule is CCCCCCCCCC/C=C\CCCCCCCCCCCCCCCCCCCCCCCCCC(=O)OC(COC(=O)CCCCCCCCCCCCCCCCCCCCCCCCCCCCCCCCCCCCC)COP(=O)(O)OCC[N+](C)(C)C. The van der Waals surface area contributed by atoms with Gasteiger partial charge in [0.2, 0.25) is 0 Å². The number of ether oxygens (including phenoxy) is 2. The molecule has 560 valence electrons. The highest BCUT2D eigenvalue weighted by Crippen LogP contribution is 2.43. The zero-order valence-electron chi connectivity index (χ0n) is 64.3. The largest absolute Gasteiger partial charge is 0.472 e. The van der Waals surface area contributed by atoms with E-state index >= 15 is 0 Å². The number of rotatable bonds is 81. The summed E-state index contributed by atoms with van der Waals surface area (Å²) in [6.07, 6.45) is 96.8. The number of nitrogens with zero attached hydrogens (tertiary/aromatic N) is 1. The van der Waals surface area contributed by atoms with Gasteiger partial charge < -0.3 is 18.9 Å². The quantitative estimate of drug-likeness (QED) is 0.0211. The van der Waals surface area contributed by atoms with Crippen molar-refractivity contribution in [3.8, 4) is 0 Å². The van der Waals surface area contributed by atoms with Crippen LogP contribution >= 0.6 is 7.82 Å². The summed E-state index contributed by atoms with van der Waals surface area (Å²) in [7, 11) is 1.51. The molecule has 0 aliphatic rings. The lowest BCUT2D eigenvalue weighted by atomic mass is 10.0. The highest BCUT2D eigenvalue weighted by Gasteiger charge is 2.27. The van der Waals surface area contributed by atoms with Gasteiger partial charge in [0.05, 0.1) is 27.7 Å². The number of hydrogen-bond acceptors (Lipinski definition) is 7. The van der Waals surface area contributed by atoms with E-state index in [0.717, 1.165) is 38.5 Å². The van der Waals surface area contributed by atoms with Crippen LogP contribution in [-0.4, -0.2) is 74.9 Å². The van der Waals surface area contributed by atoms with E-state index in [4.69, 9.17) is 18.5 Å². The predicted octanol–water partition coefficient (Wildman–Crippen LogP) is 28.2. The second-order valence-corrected chi connectivity index (χ2v) is 32.0. The van der Waals surface area contributed by atoms with E-state index < -0.39 is 26.5 Å². The van der Waals surface area contributed by atoms with Gasteiger partial charge in [-0.05, 0) is 38.5 Å².